The average Bonchev–Trinajstić information content (AvgIpc) is 3.06. The van der Waals surface area contributed by atoms with Gasteiger partial charge < -0.3 is 0 Å². The van der Waals surface area contributed by atoms with Crippen LogP contribution in [-0.4, -0.2) is 74.6 Å². The summed E-state index contributed by atoms with van der Waals surface area (Å²) in [4.78, 5) is 15.2. The van der Waals surface area contributed by atoms with Crippen molar-refractivity contribution in [3.63, 3.8) is 0 Å². The zero-order chi connectivity index (χ0) is 18.6. The summed E-state index contributed by atoms with van der Waals surface area (Å²) in [5, 5.41) is 2.94. The van der Waals surface area contributed by atoms with Gasteiger partial charge in [-0.3, -0.25) is 0 Å². The molecule has 0 saturated carbocycles. The molecule has 1 fully saturated rings. The van der Waals surface area contributed by atoms with E-state index in [-0.39, 0.29) is 22.1 Å². The van der Waals surface area contributed by atoms with Crippen LogP contribution in [0.25, 0.3) is 0 Å². The second kappa shape index (κ2) is 8.56. The van der Waals surface area contributed by atoms with Crippen LogP contribution >= 0.6 is 0 Å². The van der Waals surface area contributed by atoms with E-state index in [0.717, 1.165) is 25.9 Å². The Morgan fingerprint density at radius 1 is 1.40 bits per heavy atom. The van der Waals surface area contributed by atoms with Crippen LogP contribution in [0.1, 0.15) is 37.0 Å². The fourth-order valence-corrected chi connectivity index (χ4v) is 5.39. The first kappa shape index (κ1) is 20.3. The Morgan fingerprint density at radius 3 is 2.72 bits per heavy atom. The van der Waals surface area contributed by atoms with Gasteiger partial charge in [-0.05, 0) is 0 Å². The molecular weight excluding hydrogens is 403 g/mol. The molecule has 0 spiro atoms. The number of benzene rings is 1. The first-order chi connectivity index (χ1) is 11.8. The van der Waals surface area contributed by atoms with Crippen LogP contribution in [0.4, 0.5) is 0 Å². The quantitative estimate of drug-likeness (QED) is 0.641. The Balaban J connectivity index is 2.24. The number of sulfone groups is 1. The van der Waals surface area contributed by atoms with Crippen molar-refractivity contribution in [1.29, 1.82) is 0 Å². The molecule has 0 bridgehead atoms. The van der Waals surface area contributed by atoms with E-state index in [1.54, 1.807) is 13.0 Å². The Labute approximate surface area is 158 Å². The van der Waals surface area contributed by atoms with Crippen LogP contribution in [0.2, 0.25) is 0 Å². The number of carbonyl (C=O) groups excluding carboxylic acids is 1. The van der Waals surface area contributed by atoms with Crippen LogP contribution in [0, 0.1) is 0 Å². The van der Waals surface area contributed by atoms with Gasteiger partial charge in [-0.1, -0.05) is 0 Å². The van der Waals surface area contributed by atoms with E-state index in [2.05, 4.69) is 34.0 Å². The zero-order valence-corrected chi connectivity index (χ0v) is 17.6. The number of likely N-dealkylation sites (N-methyl/N-ethyl adjacent to an activating group) is 1. The molecule has 2 rings (SSSR count). The van der Waals surface area contributed by atoms with Crippen molar-refractivity contribution in [2.24, 2.45) is 0 Å². The molecule has 2 radical (unpaired) electrons. The van der Waals surface area contributed by atoms with Gasteiger partial charge in [-0.25, -0.2) is 0 Å². The molecule has 1 atom stereocenters. The molecule has 1 aromatic rings. The van der Waals surface area contributed by atoms with E-state index < -0.39 is 9.84 Å². The van der Waals surface area contributed by atoms with Gasteiger partial charge in [0.15, 0.2) is 0 Å². The summed E-state index contributed by atoms with van der Waals surface area (Å²) in [7, 11) is -1.94. The summed E-state index contributed by atoms with van der Waals surface area (Å²) < 4.78 is 30.3. The fourth-order valence-electron chi connectivity index (χ4n) is 3.15. The number of hydrogen-bond donors (Lipinski definition) is 1. The van der Waals surface area contributed by atoms with Crippen LogP contribution in [0.5, 0.6) is 5.75 Å². The standard InChI is InChI=1S/C17H25AsN2O4S/c1-4-20-8-6-7-12(20)11-19-17(21)13-9-16(25(22,23)5-2)14(18)10-15(13)24-3/h9-10,12H,4-8,11H2,1-3H3,(H,19,21). The third kappa shape index (κ3) is 4.57. The molecule has 1 aliphatic heterocycles. The number of rotatable bonds is 7. The fraction of sp³-hybridized carbons (Fsp3) is 0.588. The number of ether oxygens (including phenoxy) is 1. The Hall–Kier alpha value is -1.04. The van der Waals surface area contributed by atoms with Crippen molar-refractivity contribution in [1.82, 2.24) is 10.2 Å². The van der Waals surface area contributed by atoms with Gasteiger partial charge in [0, 0.05) is 0 Å². The molecule has 138 valence electrons. The Bertz CT molecular complexity index is 736. The number of carbonyl (C=O) groups is 1. The normalized spacial score (nSPS) is 18.3. The van der Waals surface area contributed by atoms with Crippen molar-refractivity contribution in [2.45, 2.75) is 37.6 Å². The van der Waals surface area contributed by atoms with E-state index in [1.807, 2.05) is 0 Å². The average molecular weight is 428 g/mol. The molecule has 1 aromatic carbocycles. The van der Waals surface area contributed by atoms with Crippen molar-refractivity contribution in [3.8, 4) is 5.75 Å². The first-order valence-electron chi connectivity index (χ1n) is 8.50. The SMILES string of the molecule is CCN1CCCC1CNC(=O)c1cc(S(=O)(=O)CC)c([As])cc1OC. The van der Waals surface area contributed by atoms with Gasteiger partial charge in [-0.2, -0.15) is 0 Å². The number of hydrogen-bond acceptors (Lipinski definition) is 5. The molecule has 1 aliphatic rings. The van der Waals surface area contributed by atoms with Gasteiger partial charge in [-0.15, -0.1) is 0 Å². The van der Waals surface area contributed by atoms with Crippen LogP contribution in [0.3, 0.4) is 0 Å². The molecule has 1 saturated heterocycles. The molecule has 1 amide bonds. The van der Waals surface area contributed by atoms with Gasteiger partial charge in [0.1, 0.15) is 0 Å². The molecule has 6 nitrogen and oxygen atoms in total. The molecule has 0 aliphatic carbocycles. The second-order valence-corrected chi connectivity index (χ2v) is 9.32. The molecule has 1 unspecified atom stereocenters. The minimum absolute atomic E-state index is 0.0152. The number of methoxy groups -OCH3 is 1. The monoisotopic (exact) mass is 428 g/mol. The van der Waals surface area contributed by atoms with Gasteiger partial charge in [0.25, 0.3) is 0 Å². The van der Waals surface area contributed by atoms with Crippen molar-refractivity contribution in [3.05, 3.63) is 17.7 Å². The second-order valence-electron chi connectivity index (χ2n) is 6.06. The van der Waals surface area contributed by atoms with Crippen LogP contribution in [0.15, 0.2) is 17.0 Å². The maximum atomic E-state index is 12.6. The predicted octanol–water partition coefficient (Wildman–Crippen LogP) is 0.497. The van der Waals surface area contributed by atoms with Crippen molar-refractivity contribution in [2.75, 3.05) is 32.5 Å². The molecule has 25 heavy (non-hydrogen) atoms. The number of nitrogens with zero attached hydrogens (tertiary/aromatic N) is 1. The van der Waals surface area contributed by atoms with Gasteiger partial charge in [0.05, 0.1) is 0 Å². The number of nitrogens with one attached hydrogen (secondary N) is 1. The van der Waals surface area contributed by atoms with Gasteiger partial charge in [0.2, 0.25) is 0 Å². The predicted molar refractivity (Wildman–Crippen MR) is 98.7 cm³/mol. The van der Waals surface area contributed by atoms with E-state index >= 15 is 0 Å². The maximum absolute atomic E-state index is 12.6. The van der Waals surface area contributed by atoms with Crippen LogP contribution < -0.4 is 14.4 Å². The summed E-state index contributed by atoms with van der Waals surface area (Å²) in [5.74, 6) is 0.0559. The summed E-state index contributed by atoms with van der Waals surface area (Å²) in [6.07, 6.45) is 2.20. The van der Waals surface area contributed by atoms with Crippen LogP contribution in [-0.2, 0) is 9.84 Å². The Morgan fingerprint density at radius 2 is 2.12 bits per heavy atom. The summed E-state index contributed by atoms with van der Waals surface area (Å²) in [6.45, 7) is 6.27. The van der Waals surface area contributed by atoms with Gasteiger partial charge >= 0.3 is 159 Å². The van der Waals surface area contributed by atoms with Crippen molar-refractivity contribution < 1.29 is 17.9 Å². The molecule has 1 N–H and O–H groups in total. The molecular formula is C17H25AsN2O4S. The molecule has 8 heteroatoms. The number of likely N-dealkylation sites (tertiary alicyclic amines) is 1. The minimum atomic E-state index is -3.41. The summed E-state index contributed by atoms with van der Waals surface area (Å²) in [5.41, 5.74) is 0.255. The third-order valence-electron chi connectivity index (χ3n) is 4.64. The molecule has 1 heterocycles. The third-order valence-corrected chi connectivity index (χ3v) is 7.52. The number of amides is 1. The van der Waals surface area contributed by atoms with E-state index in [0.29, 0.717) is 22.7 Å². The first-order valence-corrected chi connectivity index (χ1v) is 11.1. The van der Waals surface area contributed by atoms with E-state index in [9.17, 15) is 13.2 Å². The summed E-state index contributed by atoms with van der Waals surface area (Å²) >= 11 is 2.23. The van der Waals surface area contributed by atoms with Crippen molar-refractivity contribution >= 4 is 36.9 Å². The van der Waals surface area contributed by atoms with E-state index in [1.165, 1.54) is 13.2 Å². The van der Waals surface area contributed by atoms with E-state index in [4.69, 9.17) is 4.74 Å². The molecule has 0 aromatic heterocycles. The summed E-state index contributed by atoms with van der Waals surface area (Å²) in [6, 6.07) is 3.35. The zero-order valence-electron chi connectivity index (χ0n) is 14.9. The Kier molecular flexibility index (Phi) is 6.94. The topological polar surface area (TPSA) is 75.7 Å².